The molecule has 0 radical (unpaired) electrons. The molecule has 368 valence electrons. The minimum absolute atomic E-state index is 0.0240. The predicted octanol–water partition coefficient (Wildman–Crippen LogP) is 2.62. The van der Waals surface area contributed by atoms with Crippen molar-refractivity contribution in [1.29, 1.82) is 0 Å². The Kier molecular flexibility index (Phi) is 14.1. The second kappa shape index (κ2) is 20.4. The third-order valence-corrected chi connectivity index (χ3v) is 15.0. The highest BCUT2D eigenvalue weighted by Crippen LogP contribution is 2.41. The molecule has 5 N–H and O–H groups in total. The van der Waals surface area contributed by atoms with Crippen LogP contribution in [0.25, 0.3) is 0 Å². The molecule has 1 unspecified atom stereocenters. The lowest BCUT2D eigenvalue weighted by Gasteiger charge is -2.47. The van der Waals surface area contributed by atoms with Crippen LogP contribution in [0.2, 0.25) is 0 Å². The van der Waals surface area contributed by atoms with Crippen molar-refractivity contribution in [3.63, 3.8) is 0 Å². The number of hydrogen-bond acceptors (Lipinski definition) is 15. The highest BCUT2D eigenvalue weighted by atomic mass is 16.5. The molecule has 6 heterocycles. The Morgan fingerprint density at radius 3 is 2.48 bits per heavy atom. The van der Waals surface area contributed by atoms with E-state index < -0.39 is 17.5 Å². The number of benzene rings is 2. The van der Waals surface area contributed by atoms with Gasteiger partial charge in [-0.1, -0.05) is 25.8 Å². The van der Waals surface area contributed by atoms with Gasteiger partial charge in [0.05, 0.1) is 32.2 Å². The number of methoxy groups -OCH3 is 1. The molecule has 5 aliphatic heterocycles. The maximum atomic E-state index is 13.9. The number of anilines is 5. The first-order valence-corrected chi connectivity index (χ1v) is 24.4. The van der Waals surface area contributed by atoms with Gasteiger partial charge in [0.25, 0.3) is 11.8 Å². The van der Waals surface area contributed by atoms with E-state index in [1.165, 1.54) is 4.90 Å². The summed E-state index contributed by atoms with van der Waals surface area (Å²) in [4.78, 5) is 97.5. The average molecular weight is 949 g/mol. The first-order chi connectivity index (χ1) is 33.4. The molecule has 4 fully saturated rings. The van der Waals surface area contributed by atoms with Gasteiger partial charge in [-0.25, -0.2) is 4.98 Å². The van der Waals surface area contributed by atoms with Gasteiger partial charge >= 0.3 is 0 Å². The van der Waals surface area contributed by atoms with Gasteiger partial charge < -0.3 is 50.3 Å². The Hall–Kier alpha value is -6.22. The van der Waals surface area contributed by atoms with Crippen molar-refractivity contribution in [3.05, 3.63) is 59.3 Å². The fourth-order valence-corrected chi connectivity index (χ4v) is 10.7. The third kappa shape index (κ3) is 9.58. The van der Waals surface area contributed by atoms with Crippen molar-refractivity contribution in [2.75, 3.05) is 94.1 Å². The molecule has 2 aromatic carbocycles. The molecule has 3 saturated heterocycles. The molecule has 6 amide bonds. The zero-order valence-corrected chi connectivity index (χ0v) is 40.0. The first kappa shape index (κ1) is 47.8. The SMILES string of the molecule is CC[C@@H]1C(=O)N(C)c2cnc(Nc3ccc(C(=O)NC4CCN(CCOCCN(C)C5(C(=O)Nc6cccc7c6CN(C6CCC(=O)NC6=O)C7=O)CNC5)CC4)cc3OC)nc2N1C1CCCC1. The maximum absolute atomic E-state index is 13.9. The van der Waals surface area contributed by atoms with Crippen molar-refractivity contribution >= 4 is 64.3 Å². The quantitative estimate of drug-likeness (QED) is 0.0970. The number of nitrogens with one attached hydrogen (secondary N) is 5. The molecule has 20 nitrogen and oxygen atoms in total. The van der Waals surface area contributed by atoms with E-state index in [0.29, 0.717) is 84.7 Å². The molecule has 1 aliphatic carbocycles. The Morgan fingerprint density at radius 2 is 1.77 bits per heavy atom. The zero-order chi connectivity index (χ0) is 48.4. The van der Waals surface area contributed by atoms with Gasteiger partial charge in [-0.3, -0.25) is 39.0 Å². The van der Waals surface area contributed by atoms with Crippen LogP contribution in [0.1, 0.15) is 91.0 Å². The summed E-state index contributed by atoms with van der Waals surface area (Å²) < 4.78 is 11.8. The highest BCUT2D eigenvalue weighted by molar-refractivity contribution is 6.08. The highest BCUT2D eigenvalue weighted by Gasteiger charge is 2.48. The summed E-state index contributed by atoms with van der Waals surface area (Å²) in [6.07, 6.45) is 8.75. The molecule has 3 aromatic rings. The zero-order valence-electron chi connectivity index (χ0n) is 40.0. The summed E-state index contributed by atoms with van der Waals surface area (Å²) in [6.45, 7) is 7.00. The normalized spacial score (nSPS) is 21.8. The molecule has 69 heavy (non-hydrogen) atoms. The Balaban J connectivity index is 0.713. The van der Waals surface area contributed by atoms with Crippen LogP contribution in [0.5, 0.6) is 5.75 Å². The van der Waals surface area contributed by atoms with Gasteiger partial charge in [-0.05, 0) is 75.9 Å². The lowest BCUT2D eigenvalue weighted by atomic mass is 9.89. The van der Waals surface area contributed by atoms with Crippen LogP contribution in [0.3, 0.4) is 0 Å². The molecule has 0 spiro atoms. The largest absolute Gasteiger partial charge is 0.495 e. The number of nitrogens with zero attached hydrogens (tertiary/aromatic N) is 7. The van der Waals surface area contributed by atoms with E-state index in [9.17, 15) is 28.8 Å². The maximum Gasteiger partial charge on any atom is 0.255 e. The number of amides is 6. The van der Waals surface area contributed by atoms with Crippen molar-refractivity contribution in [2.24, 2.45) is 0 Å². The van der Waals surface area contributed by atoms with Crippen LogP contribution in [-0.2, 0) is 30.5 Å². The lowest BCUT2D eigenvalue weighted by Crippen LogP contribution is -2.73. The summed E-state index contributed by atoms with van der Waals surface area (Å²) in [5.74, 6) is 0.201. The number of rotatable bonds is 17. The molecule has 9 rings (SSSR count). The van der Waals surface area contributed by atoms with Crippen LogP contribution in [0, 0.1) is 0 Å². The summed E-state index contributed by atoms with van der Waals surface area (Å²) in [5.41, 5.74) is 2.63. The second-order valence-corrected chi connectivity index (χ2v) is 19.1. The van der Waals surface area contributed by atoms with E-state index in [-0.39, 0.29) is 67.0 Å². The fraction of sp³-hybridized carbons (Fsp3) is 0.551. The number of likely N-dealkylation sites (N-methyl/N-ethyl adjacent to an activating group) is 2. The van der Waals surface area contributed by atoms with Crippen LogP contribution in [0.4, 0.5) is 28.8 Å². The summed E-state index contributed by atoms with van der Waals surface area (Å²) in [5, 5.41) is 15.2. The van der Waals surface area contributed by atoms with Crippen molar-refractivity contribution < 1.29 is 38.2 Å². The molecule has 6 aliphatic rings. The van der Waals surface area contributed by atoms with Gasteiger partial charge in [-0.2, -0.15) is 4.98 Å². The number of hydrogen-bond donors (Lipinski definition) is 5. The van der Waals surface area contributed by atoms with Crippen LogP contribution < -0.4 is 41.1 Å². The lowest BCUT2D eigenvalue weighted by molar-refractivity contribution is -0.137. The van der Waals surface area contributed by atoms with E-state index in [2.05, 4.69) is 41.4 Å². The summed E-state index contributed by atoms with van der Waals surface area (Å²) in [7, 11) is 5.26. The number of fused-ring (bicyclic) bond motifs is 2. The average Bonchev–Trinajstić information content (AvgIpc) is 3.99. The number of likely N-dealkylation sites (tertiary alicyclic amines) is 1. The predicted molar refractivity (Wildman–Crippen MR) is 258 cm³/mol. The third-order valence-electron chi connectivity index (χ3n) is 15.0. The number of aromatic nitrogens is 2. The van der Waals surface area contributed by atoms with Gasteiger partial charge in [0.2, 0.25) is 29.6 Å². The topological polar surface area (TPSA) is 223 Å². The monoisotopic (exact) mass is 948 g/mol. The number of carbonyl (C=O) groups is 6. The molecular weight excluding hydrogens is 885 g/mol. The molecule has 2 atom stereocenters. The number of piperidine rings is 2. The number of imide groups is 1. The van der Waals surface area contributed by atoms with Gasteiger partial charge in [0.15, 0.2) is 5.82 Å². The molecular formula is C49H64N12O8. The van der Waals surface area contributed by atoms with Crippen LogP contribution >= 0.6 is 0 Å². The van der Waals surface area contributed by atoms with Gasteiger partial charge in [0, 0.05) is 93.7 Å². The number of ether oxygens (including phenoxy) is 2. The Labute approximate surface area is 402 Å². The van der Waals surface area contributed by atoms with E-state index in [4.69, 9.17) is 14.5 Å². The standard InChI is InChI=1S/C49H64N12O8/c1-5-37-46(66)58(3)39-26-51-48(56-42(39)61(37)32-9-6-7-10-32)54-36-14-13-30(25-40(36)68-4)43(63)52-31-17-19-59(20-18-31)22-24-69-23-21-57(2)49(28-50-29-49)47(67)53-35-12-8-11-33-34(35)27-60(45(33)65)38-15-16-41(62)55-44(38)64/h8,11-14,25-26,31-32,37-38,50H,5-7,9-10,15-24,27-29H2,1-4H3,(H,52,63)(H,53,67)(H,51,54,56)(H,55,62,64)/t37-,38?/m1/s1. The Morgan fingerprint density at radius 1 is 0.986 bits per heavy atom. The smallest absolute Gasteiger partial charge is 0.255 e. The van der Waals surface area contributed by atoms with Gasteiger partial charge in [-0.15, -0.1) is 0 Å². The van der Waals surface area contributed by atoms with Crippen molar-refractivity contribution in [1.82, 2.24) is 40.6 Å². The molecule has 1 aromatic heterocycles. The Bertz CT molecular complexity index is 2470. The fourth-order valence-electron chi connectivity index (χ4n) is 10.7. The van der Waals surface area contributed by atoms with E-state index in [1.807, 2.05) is 18.9 Å². The minimum Gasteiger partial charge on any atom is -0.495 e. The van der Waals surface area contributed by atoms with Crippen LogP contribution in [-0.4, -0.2) is 164 Å². The molecule has 0 bridgehead atoms. The van der Waals surface area contributed by atoms with Gasteiger partial charge in [0.1, 0.15) is 29.1 Å². The number of carbonyl (C=O) groups excluding carboxylic acids is 6. The van der Waals surface area contributed by atoms with Crippen molar-refractivity contribution in [3.8, 4) is 5.75 Å². The van der Waals surface area contributed by atoms with Crippen molar-refractivity contribution in [2.45, 2.75) is 101 Å². The minimum atomic E-state index is -0.803. The van der Waals surface area contributed by atoms with E-state index >= 15 is 0 Å². The van der Waals surface area contributed by atoms with E-state index in [1.54, 1.807) is 61.7 Å². The van der Waals surface area contributed by atoms with E-state index in [0.717, 1.165) is 64.0 Å². The molecule has 20 heteroatoms. The summed E-state index contributed by atoms with van der Waals surface area (Å²) >= 11 is 0. The second-order valence-electron chi connectivity index (χ2n) is 19.1. The first-order valence-electron chi connectivity index (χ1n) is 24.4. The summed E-state index contributed by atoms with van der Waals surface area (Å²) in [6, 6.07) is 9.75. The molecule has 1 saturated carbocycles. The van der Waals surface area contributed by atoms with Crippen LogP contribution in [0.15, 0.2) is 42.6 Å².